The van der Waals surface area contributed by atoms with Crippen LogP contribution in [0, 0.1) is 6.92 Å². The first-order chi connectivity index (χ1) is 8.45. The number of benzene rings is 1. The number of carbonyl (C=O) groups is 2. The molecule has 0 aliphatic carbocycles. The Morgan fingerprint density at radius 1 is 1.28 bits per heavy atom. The SMILES string of the molecule is Cc1ccc(S(=O)(=O)NCC(=O)NNC=O)cc1. The second kappa shape index (κ2) is 6.12. The fourth-order valence-electron chi connectivity index (χ4n) is 1.12. The van der Waals surface area contributed by atoms with Gasteiger partial charge in [0.15, 0.2) is 0 Å². The Labute approximate surface area is 105 Å². The van der Waals surface area contributed by atoms with Gasteiger partial charge in [-0.15, -0.1) is 0 Å². The Bertz CT molecular complexity index is 525. The van der Waals surface area contributed by atoms with Crippen LogP contribution in [0.4, 0.5) is 0 Å². The topological polar surface area (TPSA) is 104 Å². The predicted molar refractivity (Wildman–Crippen MR) is 63.7 cm³/mol. The number of nitrogens with one attached hydrogen (secondary N) is 3. The fraction of sp³-hybridized carbons (Fsp3) is 0.200. The lowest BCUT2D eigenvalue weighted by Crippen LogP contribution is -2.43. The molecule has 0 unspecified atom stereocenters. The summed E-state index contributed by atoms with van der Waals surface area (Å²) in [4.78, 5) is 21.0. The first-order valence-electron chi connectivity index (χ1n) is 5.00. The van der Waals surface area contributed by atoms with Gasteiger partial charge in [0.2, 0.25) is 16.4 Å². The van der Waals surface area contributed by atoms with Crippen molar-refractivity contribution in [2.24, 2.45) is 0 Å². The average Bonchev–Trinajstić information content (AvgIpc) is 2.34. The highest BCUT2D eigenvalue weighted by molar-refractivity contribution is 7.89. The van der Waals surface area contributed by atoms with Crippen LogP contribution in [-0.4, -0.2) is 27.3 Å². The van der Waals surface area contributed by atoms with Crippen LogP contribution in [0.3, 0.4) is 0 Å². The molecule has 0 aromatic heterocycles. The number of hydrogen-bond donors (Lipinski definition) is 3. The van der Waals surface area contributed by atoms with Crippen LogP contribution in [0.5, 0.6) is 0 Å². The molecule has 8 heteroatoms. The zero-order valence-corrected chi connectivity index (χ0v) is 10.5. The highest BCUT2D eigenvalue weighted by atomic mass is 32.2. The van der Waals surface area contributed by atoms with Crippen molar-refractivity contribution in [2.75, 3.05) is 6.54 Å². The van der Waals surface area contributed by atoms with E-state index in [1.807, 2.05) is 17.8 Å². The van der Waals surface area contributed by atoms with Crippen molar-refractivity contribution in [3.63, 3.8) is 0 Å². The number of hydrogen-bond acceptors (Lipinski definition) is 4. The number of sulfonamides is 1. The van der Waals surface area contributed by atoms with E-state index in [9.17, 15) is 18.0 Å². The molecule has 0 fully saturated rings. The van der Waals surface area contributed by atoms with E-state index in [0.717, 1.165) is 5.56 Å². The van der Waals surface area contributed by atoms with Gasteiger partial charge in [-0.05, 0) is 19.1 Å². The van der Waals surface area contributed by atoms with Gasteiger partial charge in [0.05, 0.1) is 11.4 Å². The summed E-state index contributed by atoms with van der Waals surface area (Å²) < 4.78 is 25.6. The standard InChI is InChI=1S/C10H13N3O4S/c1-8-2-4-9(5-3-8)18(16,17)12-6-10(15)13-11-7-14/h2-5,7,12H,6H2,1H3,(H,11,14)(H,13,15). The van der Waals surface area contributed by atoms with E-state index in [0.29, 0.717) is 0 Å². The Morgan fingerprint density at radius 2 is 1.89 bits per heavy atom. The molecule has 7 nitrogen and oxygen atoms in total. The molecule has 0 radical (unpaired) electrons. The summed E-state index contributed by atoms with van der Waals surface area (Å²) in [7, 11) is -3.72. The molecule has 0 saturated heterocycles. The third-order valence-corrected chi connectivity index (χ3v) is 3.44. The minimum Gasteiger partial charge on any atom is -0.277 e. The van der Waals surface area contributed by atoms with Crippen molar-refractivity contribution in [2.45, 2.75) is 11.8 Å². The van der Waals surface area contributed by atoms with Crippen molar-refractivity contribution in [3.8, 4) is 0 Å². The number of rotatable bonds is 6. The molecule has 0 aliphatic heterocycles. The molecule has 18 heavy (non-hydrogen) atoms. The molecule has 1 aromatic rings. The van der Waals surface area contributed by atoms with Crippen molar-refractivity contribution in [1.29, 1.82) is 0 Å². The molecule has 0 spiro atoms. The first kappa shape index (κ1) is 14.1. The monoisotopic (exact) mass is 271 g/mol. The highest BCUT2D eigenvalue weighted by Gasteiger charge is 2.14. The molecular weight excluding hydrogens is 258 g/mol. The largest absolute Gasteiger partial charge is 0.277 e. The molecular formula is C10H13N3O4S. The van der Waals surface area contributed by atoms with Gasteiger partial charge < -0.3 is 0 Å². The van der Waals surface area contributed by atoms with Crippen LogP contribution in [0.15, 0.2) is 29.2 Å². The summed E-state index contributed by atoms with van der Waals surface area (Å²) >= 11 is 0. The molecule has 1 rings (SSSR count). The Balaban J connectivity index is 2.62. The summed E-state index contributed by atoms with van der Waals surface area (Å²) in [5.41, 5.74) is 4.83. The van der Waals surface area contributed by atoms with Crippen LogP contribution < -0.4 is 15.6 Å². The van der Waals surface area contributed by atoms with Crippen LogP contribution in [0.2, 0.25) is 0 Å². The van der Waals surface area contributed by atoms with E-state index in [2.05, 4.69) is 4.72 Å². The molecule has 0 heterocycles. The number of amides is 2. The second-order valence-electron chi connectivity index (χ2n) is 3.45. The van der Waals surface area contributed by atoms with Gasteiger partial charge in [-0.1, -0.05) is 17.7 Å². The Morgan fingerprint density at radius 3 is 2.44 bits per heavy atom. The molecule has 0 saturated carbocycles. The van der Waals surface area contributed by atoms with E-state index in [-0.39, 0.29) is 11.3 Å². The van der Waals surface area contributed by atoms with Crippen LogP contribution in [0.1, 0.15) is 5.56 Å². The van der Waals surface area contributed by atoms with Gasteiger partial charge in [0.1, 0.15) is 0 Å². The molecule has 0 atom stereocenters. The molecule has 0 aliphatic rings. The van der Waals surface area contributed by atoms with Crippen molar-refractivity contribution in [1.82, 2.24) is 15.6 Å². The van der Waals surface area contributed by atoms with Gasteiger partial charge >= 0.3 is 0 Å². The summed E-state index contributed by atoms with van der Waals surface area (Å²) in [6.45, 7) is 1.37. The normalized spacial score (nSPS) is 10.7. The highest BCUT2D eigenvalue weighted by Crippen LogP contribution is 2.09. The average molecular weight is 271 g/mol. The van der Waals surface area contributed by atoms with E-state index in [1.165, 1.54) is 12.1 Å². The molecule has 3 N–H and O–H groups in total. The third kappa shape index (κ3) is 4.15. The summed E-state index contributed by atoms with van der Waals surface area (Å²) in [5.74, 6) is -0.669. The maximum absolute atomic E-state index is 11.7. The fourth-order valence-corrected chi connectivity index (χ4v) is 2.10. The van der Waals surface area contributed by atoms with Gasteiger partial charge in [0, 0.05) is 0 Å². The van der Waals surface area contributed by atoms with E-state index in [4.69, 9.17) is 0 Å². The van der Waals surface area contributed by atoms with E-state index >= 15 is 0 Å². The van der Waals surface area contributed by atoms with Gasteiger partial charge in [-0.25, -0.2) is 13.1 Å². The smallest absolute Gasteiger partial charge is 0.253 e. The number of aryl methyl sites for hydroxylation is 1. The zero-order chi connectivity index (χ0) is 13.6. The van der Waals surface area contributed by atoms with Crippen molar-refractivity contribution in [3.05, 3.63) is 29.8 Å². The van der Waals surface area contributed by atoms with Crippen LogP contribution in [-0.2, 0) is 19.6 Å². The van der Waals surface area contributed by atoms with Crippen LogP contribution in [0.25, 0.3) is 0 Å². The minimum absolute atomic E-state index is 0.0734. The Kier molecular flexibility index (Phi) is 4.81. The van der Waals surface area contributed by atoms with E-state index in [1.54, 1.807) is 12.1 Å². The summed E-state index contributed by atoms with van der Waals surface area (Å²) in [6, 6.07) is 6.20. The van der Waals surface area contributed by atoms with Crippen molar-refractivity contribution >= 4 is 22.3 Å². The first-order valence-corrected chi connectivity index (χ1v) is 6.48. The van der Waals surface area contributed by atoms with Crippen LogP contribution >= 0.6 is 0 Å². The lowest BCUT2D eigenvalue weighted by Gasteiger charge is -2.07. The van der Waals surface area contributed by atoms with Gasteiger partial charge in [0.25, 0.3) is 5.91 Å². The van der Waals surface area contributed by atoms with Gasteiger partial charge in [-0.3, -0.25) is 20.4 Å². The maximum Gasteiger partial charge on any atom is 0.253 e. The maximum atomic E-state index is 11.7. The van der Waals surface area contributed by atoms with E-state index < -0.39 is 22.5 Å². The summed E-state index contributed by atoms with van der Waals surface area (Å²) in [6.07, 6.45) is 0.270. The number of carbonyl (C=O) groups excluding carboxylic acids is 2. The molecule has 1 aromatic carbocycles. The zero-order valence-electron chi connectivity index (χ0n) is 9.64. The minimum atomic E-state index is -3.72. The van der Waals surface area contributed by atoms with Crippen molar-refractivity contribution < 1.29 is 18.0 Å². The molecule has 0 bridgehead atoms. The molecule has 98 valence electrons. The third-order valence-electron chi connectivity index (χ3n) is 2.02. The lowest BCUT2D eigenvalue weighted by atomic mass is 10.2. The Hall–Kier alpha value is -1.93. The number of hydrazine groups is 1. The predicted octanol–water partition coefficient (Wildman–Crippen LogP) is -0.949. The molecule has 2 amide bonds. The summed E-state index contributed by atoms with van der Waals surface area (Å²) in [5, 5.41) is 0. The quantitative estimate of drug-likeness (QED) is 0.458. The van der Waals surface area contributed by atoms with Gasteiger partial charge in [-0.2, -0.15) is 0 Å². The second-order valence-corrected chi connectivity index (χ2v) is 5.21. The lowest BCUT2D eigenvalue weighted by molar-refractivity contribution is -0.123.